The van der Waals surface area contributed by atoms with Crippen molar-refractivity contribution in [2.75, 3.05) is 0 Å². The molecule has 0 radical (unpaired) electrons. The van der Waals surface area contributed by atoms with Gasteiger partial charge in [-0.1, -0.05) is 109 Å². The molecule has 0 aliphatic rings. The molecule has 0 atom stereocenters. The number of hydrogen-bond donors (Lipinski definition) is 1. The van der Waals surface area contributed by atoms with Crippen LogP contribution in [0.4, 0.5) is 0 Å². The fraction of sp³-hybridized carbons (Fsp3) is 0. The predicted octanol–water partition coefficient (Wildman–Crippen LogP) is 2.92. The standard InChI is InChI=1S/C22H18BNO2/c1-17(22(25)26)24-21(18-11-5-2-6-12-18)23(19-13-7-3-8-14-19)20-15-9-4-10-16-20/h2-16H,1H2,(H,25,26). The number of nitrogens with zero attached hydrogens (tertiary/aromatic N) is 1. The second kappa shape index (κ2) is 8.12. The smallest absolute Gasteiger partial charge is 0.353 e. The first-order valence-corrected chi connectivity index (χ1v) is 8.33. The number of carboxylic acids is 1. The second-order valence-corrected chi connectivity index (χ2v) is 5.87. The number of aliphatic imine (C=N–C) groups is 1. The Morgan fingerprint density at radius 1 is 0.769 bits per heavy atom. The molecular formula is C22H18BNO2. The predicted molar refractivity (Wildman–Crippen MR) is 108 cm³/mol. The topological polar surface area (TPSA) is 49.7 Å². The molecular weight excluding hydrogens is 321 g/mol. The van der Waals surface area contributed by atoms with Crippen molar-refractivity contribution < 1.29 is 9.90 Å². The van der Waals surface area contributed by atoms with Crippen LogP contribution in [0, 0.1) is 0 Å². The Labute approximate surface area is 153 Å². The summed E-state index contributed by atoms with van der Waals surface area (Å²) >= 11 is 0. The molecule has 0 aliphatic carbocycles. The molecule has 0 saturated carbocycles. The summed E-state index contributed by atoms with van der Waals surface area (Å²) in [4.78, 5) is 15.8. The van der Waals surface area contributed by atoms with Gasteiger partial charge in [-0.2, -0.15) is 0 Å². The Hall–Kier alpha value is -3.40. The minimum atomic E-state index is -1.13. The van der Waals surface area contributed by atoms with E-state index in [0.717, 1.165) is 16.5 Å². The first-order valence-electron chi connectivity index (χ1n) is 8.33. The first kappa shape index (κ1) is 17.4. The SMILES string of the molecule is C=C(N=C(B(c1ccccc1)c1ccccc1)c1ccccc1)C(=O)O. The monoisotopic (exact) mass is 339 g/mol. The zero-order valence-corrected chi connectivity index (χ0v) is 14.2. The Kier molecular flexibility index (Phi) is 5.44. The molecule has 0 saturated heterocycles. The van der Waals surface area contributed by atoms with Gasteiger partial charge in [-0.25, -0.2) is 4.79 Å². The van der Waals surface area contributed by atoms with Crippen LogP contribution in [0.2, 0.25) is 0 Å². The number of carboxylic acid groups (broad SMARTS) is 1. The normalized spacial score (nSPS) is 11.0. The van der Waals surface area contributed by atoms with Crippen molar-refractivity contribution in [3.05, 3.63) is 109 Å². The molecule has 0 fully saturated rings. The van der Waals surface area contributed by atoms with Crippen LogP contribution < -0.4 is 10.9 Å². The van der Waals surface area contributed by atoms with E-state index < -0.39 is 5.97 Å². The van der Waals surface area contributed by atoms with E-state index in [0.29, 0.717) is 5.61 Å². The van der Waals surface area contributed by atoms with Crippen molar-refractivity contribution in [2.45, 2.75) is 0 Å². The van der Waals surface area contributed by atoms with Crippen LogP contribution in [0.1, 0.15) is 5.56 Å². The highest BCUT2D eigenvalue weighted by molar-refractivity contribution is 7.10. The van der Waals surface area contributed by atoms with Gasteiger partial charge in [0, 0.05) is 5.61 Å². The second-order valence-electron chi connectivity index (χ2n) is 5.87. The minimum Gasteiger partial charge on any atom is -0.477 e. The van der Waals surface area contributed by atoms with Gasteiger partial charge in [0.05, 0.1) is 0 Å². The van der Waals surface area contributed by atoms with Gasteiger partial charge in [-0.15, -0.1) is 0 Å². The molecule has 1 N–H and O–H groups in total. The van der Waals surface area contributed by atoms with Crippen LogP contribution in [0.25, 0.3) is 0 Å². The third kappa shape index (κ3) is 3.98. The van der Waals surface area contributed by atoms with E-state index in [1.54, 1.807) is 0 Å². The molecule has 4 heteroatoms. The molecule has 0 bridgehead atoms. The molecule has 3 nitrogen and oxygen atoms in total. The lowest BCUT2D eigenvalue weighted by Crippen LogP contribution is -2.49. The number of carbonyl (C=O) groups is 1. The van der Waals surface area contributed by atoms with Crippen LogP contribution in [-0.2, 0) is 4.79 Å². The molecule has 0 spiro atoms. The highest BCUT2D eigenvalue weighted by atomic mass is 16.4. The Morgan fingerprint density at radius 3 is 1.62 bits per heavy atom. The van der Waals surface area contributed by atoms with Gasteiger partial charge in [-0.3, -0.25) is 4.99 Å². The largest absolute Gasteiger partial charge is 0.477 e. The maximum Gasteiger partial charge on any atom is 0.353 e. The maximum atomic E-state index is 11.4. The highest BCUT2D eigenvalue weighted by Gasteiger charge is 2.27. The van der Waals surface area contributed by atoms with Gasteiger partial charge in [0.15, 0.2) is 0 Å². The quantitative estimate of drug-likeness (QED) is 0.426. The van der Waals surface area contributed by atoms with Gasteiger partial charge >= 0.3 is 5.97 Å². The van der Waals surface area contributed by atoms with Crippen molar-refractivity contribution >= 4 is 29.2 Å². The van der Waals surface area contributed by atoms with Crippen molar-refractivity contribution in [1.82, 2.24) is 0 Å². The van der Waals surface area contributed by atoms with Gasteiger partial charge in [0.1, 0.15) is 5.70 Å². The lowest BCUT2D eigenvalue weighted by molar-refractivity contribution is -0.132. The van der Waals surface area contributed by atoms with Gasteiger partial charge in [0.2, 0.25) is 0 Å². The lowest BCUT2D eigenvalue weighted by atomic mass is 9.36. The van der Waals surface area contributed by atoms with E-state index in [2.05, 4.69) is 11.6 Å². The zero-order chi connectivity index (χ0) is 18.4. The molecule has 0 amide bonds. The summed E-state index contributed by atoms with van der Waals surface area (Å²) < 4.78 is 0. The summed E-state index contributed by atoms with van der Waals surface area (Å²) in [5.74, 6) is -1.13. The molecule has 3 aromatic rings. The number of benzene rings is 3. The number of rotatable bonds is 6. The summed E-state index contributed by atoms with van der Waals surface area (Å²) in [5.41, 5.74) is 3.43. The number of aliphatic carboxylic acids is 1. The molecule has 26 heavy (non-hydrogen) atoms. The summed E-state index contributed by atoms with van der Waals surface area (Å²) in [6, 6.07) is 29.6. The summed E-state index contributed by atoms with van der Waals surface area (Å²) in [6.07, 6.45) is 0. The van der Waals surface area contributed by atoms with E-state index in [4.69, 9.17) is 0 Å². The molecule has 3 rings (SSSR count). The molecule has 126 valence electrons. The number of hydrogen-bond acceptors (Lipinski definition) is 2. The highest BCUT2D eigenvalue weighted by Crippen LogP contribution is 2.09. The zero-order valence-electron chi connectivity index (χ0n) is 14.2. The van der Waals surface area contributed by atoms with E-state index in [-0.39, 0.29) is 12.4 Å². The molecule has 0 heterocycles. The Bertz CT molecular complexity index is 883. The average Bonchev–Trinajstić information content (AvgIpc) is 2.69. The minimum absolute atomic E-state index is 0.180. The van der Waals surface area contributed by atoms with Crippen molar-refractivity contribution in [2.24, 2.45) is 4.99 Å². The molecule has 0 aromatic heterocycles. The van der Waals surface area contributed by atoms with E-state index >= 15 is 0 Å². The molecule has 3 aromatic carbocycles. The average molecular weight is 339 g/mol. The fourth-order valence-electron chi connectivity index (χ4n) is 2.90. The van der Waals surface area contributed by atoms with E-state index in [9.17, 15) is 9.90 Å². The van der Waals surface area contributed by atoms with Crippen molar-refractivity contribution in [3.8, 4) is 0 Å². The summed E-state index contributed by atoms with van der Waals surface area (Å²) in [5, 5.41) is 9.29. The van der Waals surface area contributed by atoms with Crippen LogP contribution >= 0.6 is 0 Å². The summed E-state index contributed by atoms with van der Waals surface area (Å²) in [7, 11) is 0. The van der Waals surface area contributed by atoms with Crippen LogP contribution in [0.5, 0.6) is 0 Å². The third-order valence-electron chi connectivity index (χ3n) is 4.11. The summed E-state index contributed by atoms with van der Waals surface area (Å²) in [6.45, 7) is 3.40. The lowest BCUT2D eigenvalue weighted by Gasteiger charge is -2.18. The maximum absolute atomic E-state index is 11.4. The third-order valence-corrected chi connectivity index (χ3v) is 4.11. The Balaban J connectivity index is 2.22. The van der Waals surface area contributed by atoms with Gasteiger partial charge in [0.25, 0.3) is 6.71 Å². The molecule has 0 aliphatic heterocycles. The van der Waals surface area contributed by atoms with Crippen LogP contribution in [0.15, 0.2) is 108 Å². The van der Waals surface area contributed by atoms with Crippen molar-refractivity contribution in [1.29, 1.82) is 0 Å². The van der Waals surface area contributed by atoms with Gasteiger partial charge < -0.3 is 5.11 Å². The molecule has 0 unspecified atom stereocenters. The van der Waals surface area contributed by atoms with E-state index in [1.165, 1.54) is 0 Å². The van der Waals surface area contributed by atoms with E-state index in [1.807, 2.05) is 91.0 Å². The fourth-order valence-corrected chi connectivity index (χ4v) is 2.90. The van der Waals surface area contributed by atoms with Gasteiger partial charge in [-0.05, 0) is 5.56 Å². The Morgan fingerprint density at radius 2 is 1.19 bits per heavy atom. The van der Waals surface area contributed by atoms with Crippen molar-refractivity contribution in [3.63, 3.8) is 0 Å². The van der Waals surface area contributed by atoms with Crippen LogP contribution in [0.3, 0.4) is 0 Å². The first-order chi connectivity index (χ1) is 12.7. The van der Waals surface area contributed by atoms with Crippen LogP contribution in [-0.4, -0.2) is 23.4 Å².